The van der Waals surface area contributed by atoms with Crippen LogP contribution in [0.25, 0.3) is 6.08 Å². The summed E-state index contributed by atoms with van der Waals surface area (Å²) in [4.78, 5) is 25.1. The molecule has 3 aliphatic rings. The van der Waals surface area contributed by atoms with Crippen molar-refractivity contribution in [3.05, 3.63) is 54.3 Å². The Hall–Kier alpha value is -3.66. The van der Waals surface area contributed by atoms with Crippen LogP contribution in [0.4, 0.5) is 0 Å². The molecule has 0 radical (unpaired) electrons. The van der Waals surface area contributed by atoms with E-state index in [0.29, 0.717) is 5.56 Å². The summed E-state index contributed by atoms with van der Waals surface area (Å²) >= 11 is 0. The van der Waals surface area contributed by atoms with E-state index < -0.39 is 110 Å². The van der Waals surface area contributed by atoms with Crippen LogP contribution in [0.5, 0.6) is 11.5 Å². The maximum Gasteiger partial charge on any atom is 0.337 e. The van der Waals surface area contributed by atoms with Crippen molar-refractivity contribution in [2.75, 3.05) is 26.9 Å². The van der Waals surface area contributed by atoms with Crippen LogP contribution in [-0.4, -0.2) is 153 Å². The maximum atomic E-state index is 12.5. The lowest BCUT2D eigenvalue weighted by Gasteiger charge is -2.43. The van der Waals surface area contributed by atoms with Gasteiger partial charge in [0.25, 0.3) is 0 Å². The SMILES string of the molecule is C=C[C@H]1[C@H](O[C@@H]2O[C@H](CO)[C@@H](O)[C@H](O)[C@H]2O)OC=C(C(=O)OC)[C@H]1CCOC(=O)C=Cc1ccc(O[C@@H]2O[C@H](CO)[C@@H](O)[C@H](O)[C@H]2O)c(O)c1. The van der Waals surface area contributed by atoms with E-state index in [2.05, 4.69) is 6.58 Å². The summed E-state index contributed by atoms with van der Waals surface area (Å²) in [6.07, 6.45) is -11.8. The Morgan fingerprint density at radius 3 is 2.08 bits per heavy atom. The first kappa shape index (κ1) is 39.1. The lowest BCUT2D eigenvalue weighted by molar-refractivity contribution is -0.339. The van der Waals surface area contributed by atoms with Crippen molar-refractivity contribution in [1.29, 1.82) is 0 Å². The first-order valence-corrected chi connectivity index (χ1v) is 15.5. The van der Waals surface area contributed by atoms with Gasteiger partial charge in [-0.2, -0.15) is 0 Å². The minimum Gasteiger partial charge on any atom is -0.504 e. The molecule has 4 rings (SSSR count). The number of phenolic OH excluding ortho intramolecular Hbond substituents is 1. The first-order valence-electron chi connectivity index (χ1n) is 15.5. The maximum absolute atomic E-state index is 12.5. The smallest absolute Gasteiger partial charge is 0.337 e. The van der Waals surface area contributed by atoms with E-state index in [1.54, 1.807) is 0 Å². The Morgan fingerprint density at radius 2 is 1.50 bits per heavy atom. The van der Waals surface area contributed by atoms with Crippen LogP contribution in [-0.2, 0) is 38.0 Å². The molecule has 3 aliphatic heterocycles. The van der Waals surface area contributed by atoms with Crippen LogP contribution in [0.3, 0.4) is 0 Å². The second kappa shape index (κ2) is 17.5. The van der Waals surface area contributed by atoms with Crippen molar-refractivity contribution in [3.8, 4) is 11.5 Å². The molecule has 2 saturated heterocycles. The highest BCUT2D eigenvalue weighted by Gasteiger charge is 2.48. The quantitative estimate of drug-likeness (QED) is 0.0565. The summed E-state index contributed by atoms with van der Waals surface area (Å²) in [5, 5.41) is 89.8. The number of rotatable bonds is 13. The third-order valence-electron chi connectivity index (χ3n) is 8.48. The summed E-state index contributed by atoms with van der Waals surface area (Å²) in [5.41, 5.74) is 0.403. The number of hydrogen-bond acceptors (Lipinski definition) is 18. The molecular weight excluding hydrogens is 672 g/mol. The van der Waals surface area contributed by atoms with Gasteiger partial charge in [0.05, 0.1) is 38.8 Å². The summed E-state index contributed by atoms with van der Waals surface area (Å²) in [7, 11) is 1.16. The first-order chi connectivity index (χ1) is 23.8. The van der Waals surface area contributed by atoms with Crippen LogP contribution in [0, 0.1) is 11.8 Å². The molecule has 0 aromatic heterocycles. The molecule has 0 bridgehead atoms. The van der Waals surface area contributed by atoms with Crippen LogP contribution >= 0.6 is 0 Å². The molecule has 18 nitrogen and oxygen atoms in total. The van der Waals surface area contributed by atoms with Crippen molar-refractivity contribution in [3.63, 3.8) is 0 Å². The van der Waals surface area contributed by atoms with Crippen molar-refractivity contribution in [2.45, 2.75) is 74.1 Å². The van der Waals surface area contributed by atoms with Gasteiger partial charge in [-0.05, 0) is 30.2 Å². The zero-order chi connectivity index (χ0) is 36.7. The molecule has 9 N–H and O–H groups in total. The summed E-state index contributed by atoms with van der Waals surface area (Å²) in [6, 6.07) is 3.97. The molecule has 0 aliphatic carbocycles. The zero-order valence-electron chi connectivity index (χ0n) is 26.8. The highest BCUT2D eigenvalue weighted by atomic mass is 16.8. The molecule has 0 spiro atoms. The fraction of sp³-hybridized carbons (Fsp3) is 0.562. The van der Waals surface area contributed by atoms with Crippen molar-refractivity contribution < 1.29 is 88.7 Å². The monoisotopic (exact) mass is 714 g/mol. The number of aromatic hydroxyl groups is 1. The van der Waals surface area contributed by atoms with Crippen molar-refractivity contribution in [1.82, 2.24) is 0 Å². The molecule has 13 atom stereocenters. The minimum atomic E-state index is -1.72. The van der Waals surface area contributed by atoms with E-state index >= 15 is 0 Å². The number of aliphatic hydroxyl groups excluding tert-OH is 8. The Kier molecular flexibility index (Phi) is 13.7. The molecule has 18 heteroatoms. The molecule has 1 aromatic rings. The van der Waals surface area contributed by atoms with E-state index in [9.17, 15) is 55.5 Å². The largest absolute Gasteiger partial charge is 0.504 e. The molecule has 0 unspecified atom stereocenters. The second-order valence-corrected chi connectivity index (χ2v) is 11.7. The number of hydrogen-bond donors (Lipinski definition) is 9. The molecule has 3 heterocycles. The number of benzene rings is 1. The topological polar surface area (TPSA) is 281 Å². The minimum absolute atomic E-state index is 0.0415. The lowest BCUT2D eigenvalue weighted by atomic mass is 9.82. The van der Waals surface area contributed by atoms with Crippen LogP contribution in [0.1, 0.15) is 12.0 Å². The van der Waals surface area contributed by atoms with Gasteiger partial charge in [0.1, 0.15) is 48.8 Å². The lowest BCUT2D eigenvalue weighted by Crippen LogP contribution is -2.60. The summed E-state index contributed by atoms with van der Waals surface area (Å²) in [6.45, 7) is 2.22. The van der Waals surface area contributed by atoms with Gasteiger partial charge in [-0.3, -0.25) is 0 Å². The van der Waals surface area contributed by atoms with Crippen LogP contribution in [0.2, 0.25) is 0 Å². The van der Waals surface area contributed by atoms with Crippen molar-refractivity contribution >= 4 is 18.0 Å². The number of methoxy groups -OCH3 is 1. The van der Waals surface area contributed by atoms with E-state index in [1.165, 1.54) is 30.4 Å². The highest BCUT2D eigenvalue weighted by molar-refractivity contribution is 5.89. The summed E-state index contributed by atoms with van der Waals surface area (Å²) in [5.74, 6) is -3.65. The Morgan fingerprint density at radius 1 is 0.880 bits per heavy atom. The van der Waals surface area contributed by atoms with Gasteiger partial charge in [-0.25, -0.2) is 9.59 Å². The van der Waals surface area contributed by atoms with Gasteiger partial charge in [0.15, 0.2) is 17.8 Å². The number of phenols is 1. The van der Waals surface area contributed by atoms with Crippen LogP contribution in [0.15, 0.2) is 48.8 Å². The Labute approximate surface area is 285 Å². The average Bonchev–Trinajstić information content (AvgIpc) is 3.11. The molecule has 50 heavy (non-hydrogen) atoms. The standard InChI is InChI=1S/C32H42O18/c1-3-15-16(17(29(43)44-2)13-46-30(15)50-32-28(42)26(40)24(38)21(12-34)49-32)8-9-45-22(36)7-5-14-4-6-19(18(35)10-14)47-31-27(41)25(39)23(37)20(11-33)48-31/h3-7,10,13,15-16,20-21,23-28,30-35,37-42H,1,8-9,11-12H2,2H3/t15-,16+,20-,21-,23-,24-,25+,26+,27-,28-,30+,31-,32+/m1/s1. The van der Waals surface area contributed by atoms with E-state index in [1.807, 2.05) is 0 Å². The van der Waals surface area contributed by atoms with E-state index in [0.717, 1.165) is 19.4 Å². The molecule has 2 fully saturated rings. The number of ether oxygens (including phenoxy) is 7. The number of esters is 2. The zero-order valence-corrected chi connectivity index (χ0v) is 26.8. The van der Waals surface area contributed by atoms with Crippen LogP contribution < -0.4 is 4.74 Å². The van der Waals surface area contributed by atoms with Gasteiger partial charge in [-0.15, -0.1) is 6.58 Å². The predicted octanol–water partition coefficient (Wildman–Crippen LogP) is -2.83. The number of aliphatic hydroxyl groups is 8. The summed E-state index contributed by atoms with van der Waals surface area (Å²) < 4.78 is 37.6. The average molecular weight is 715 g/mol. The fourth-order valence-corrected chi connectivity index (χ4v) is 5.62. The number of carbonyl (C=O) groups excluding carboxylic acids is 2. The second-order valence-electron chi connectivity index (χ2n) is 11.7. The molecule has 0 amide bonds. The molecular formula is C32H42O18. The van der Waals surface area contributed by atoms with E-state index in [4.69, 9.17) is 33.2 Å². The van der Waals surface area contributed by atoms with Gasteiger partial charge >= 0.3 is 11.9 Å². The van der Waals surface area contributed by atoms with Gasteiger partial charge in [0.2, 0.25) is 12.6 Å². The third-order valence-corrected chi connectivity index (χ3v) is 8.48. The Balaban J connectivity index is 1.36. The van der Waals surface area contributed by atoms with E-state index in [-0.39, 0.29) is 24.4 Å². The highest BCUT2D eigenvalue weighted by Crippen LogP contribution is 2.37. The Bertz CT molecular complexity index is 1380. The molecule has 278 valence electrons. The predicted molar refractivity (Wildman–Crippen MR) is 164 cm³/mol. The third kappa shape index (κ3) is 8.79. The number of carbonyl (C=O) groups is 2. The molecule has 1 aromatic carbocycles. The molecule has 0 saturated carbocycles. The normalized spacial score (nSPS) is 35.9. The van der Waals surface area contributed by atoms with Gasteiger partial charge < -0.3 is 79.1 Å². The fourth-order valence-electron chi connectivity index (χ4n) is 5.62. The van der Waals surface area contributed by atoms with Gasteiger partial charge in [0, 0.05) is 17.9 Å². The van der Waals surface area contributed by atoms with Crippen molar-refractivity contribution in [2.24, 2.45) is 11.8 Å². The van der Waals surface area contributed by atoms with Gasteiger partial charge in [-0.1, -0.05) is 12.1 Å².